The van der Waals surface area contributed by atoms with Crippen molar-refractivity contribution in [2.75, 3.05) is 10.6 Å². The third-order valence-corrected chi connectivity index (χ3v) is 7.05. The van der Waals surface area contributed by atoms with Gasteiger partial charge in [0, 0.05) is 12.6 Å². The Morgan fingerprint density at radius 1 is 1.08 bits per heavy atom. The summed E-state index contributed by atoms with van der Waals surface area (Å²) in [5, 5.41) is 16.9. The molecular formula is C28H33FN6O. The minimum atomic E-state index is -0.526. The molecule has 0 bridgehead atoms. The first-order valence-electron chi connectivity index (χ1n) is 12.8. The number of aliphatic hydroxyl groups excluding tert-OH is 1. The smallest absolute Gasteiger partial charge is 0.227 e. The molecule has 3 N–H and O–H groups in total. The first-order chi connectivity index (χ1) is 17.5. The fourth-order valence-electron chi connectivity index (χ4n) is 4.95. The third-order valence-electron chi connectivity index (χ3n) is 7.05. The molecule has 1 saturated carbocycles. The number of rotatable bonds is 9. The van der Waals surface area contributed by atoms with Gasteiger partial charge in [0.1, 0.15) is 5.82 Å². The summed E-state index contributed by atoms with van der Waals surface area (Å²) < 4.78 is 15.8. The molecule has 8 heteroatoms. The molecule has 0 amide bonds. The third kappa shape index (κ3) is 5.18. The summed E-state index contributed by atoms with van der Waals surface area (Å²) in [6, 6.07) is 14.9. The van der Waals surface area contributed by atoms with Crippen LogP contribution >= 0.6 is 0 Å². The predicted octanol–water partition coefficient (Wildman–Crippen LogP) is 5.93. The number of hydrogen-bond donors (Lipinski definition) is 3. The highest BCUT2D eigenvalue weighted by atomic mass is 19.1. The van der Waals surface area contributed by atoms with Crippen molar-refractivity contribution in [3.63, 3.8) is 0 Å². The van der Waals surface area contributed by atoms with Crippen molar-refractivity contribution in [3.8, 4) is 11.1 Å². The van der Waals surface area contributed by atoms with Crippen molar-refractivity contribution in [1.29, 1.82) is 0 Å². The monoisotopic (exact) mass is 488 g/mol. The molecule has 1 fully saturated rings. The fraction of sp³-hybridized carbons (Fsp3) is 0.393. The van der Waals surface area contributed by atoms with Crippen molar-refractivity contribution in [2.45, 2.75) is 70.7 Å². The van der Waals surface area contributed by atoms with Crippen LogP contribution in [0, 0.1) is 5.82 Å². The van der Waals surface area contributed by atoms with Crippen LogP contribution < -0.4 is 10.6 Å². The maximum absolute atomic E-state index is 13.6. The molecule has 2 unspecified atom stereocenters. The zero-order chi connectivity index (χ0) is 25.1. The molecule has 2 heterocycles. The molecule has 0 spiro atoms. The van der Waals surface area contributed by atoms with Gasteiger partial charge >= 0.3 is 0 Å². The van der Waals surface area contributed by atoms with Crippen LogP contribution in [0.15, 0.2) is 54.9 Å². The molecule has 0 saturated heterocycles. The molecule has 188 valence electrons. The quantitative estimate of drug-likeness (QED) is 0.271. The number of nitrogens with one attached hydrogen (secondary N) is 2. The van der Waals surface area contributed by atoms with Gasteiger partial charge in [-0.15, -0.1) is 0 Å². The number of anilines is 2. The standard InChI is InChI=1S/C28H33FN6O/c1-3-24(18(2)36)32-28-33-26(25-27(34-28)35(17-31-25)23-9-4-5-10-23)30-16-19-11-13-20(14-12-19)21-7-6-8-22(29)15-21/h6-8,11-15,17-18,23-24,36H,3-5,9-10,16H2,1-2H3,(H2,30,32,33,34). The molecule has 2 aromatic carbocycles. The van der Waals surface area contributed by atoms with Gasteiger partial charge in [-0.1, -0.05) is 56.2 Å². The maximum atomic E-state index is 13.6. The van der Waals surface area contributed by atoms with Crippen molar-refractivity contribution >= 4 is 22.9 Å². The lowest BCUT2D eigenvalue weighted by atomic mass is 10.0. The molecule has 7 nitrogen and oxygen atoms in total. The molecule has 4 aromatic rings. The fourth-order valence-corrected chi connectivity index (χ4v) is 4.95. The molecular weight excluding hydrogens is 455 g/mol. The van der Waals surface area contributed by atoms with E-state index in [4.69, 9.17) is 9.97 Å². The van der Waals surface area contributed by atoms with Crippen LogP contribution in [0.4, 0.5) is 16.2 Å². The van der Waals surface area contributed by atoms with Gasteiger partial charge < -0.3 is 20.3 Å². The number of aliphatic hydroxyl groups is 1. The molecule has 1 aliphatic rings. The normalized spacial score (nSPS) is 15.8. The minimum Gasteiger partial charge on any atom is -0.391 e. The molecule has 5 rings (SSSR count). The van der Waals surface area contributed by atoms with Gasteiger partial charge in [0.25, 0.3) is 0 Å². The highest BCUT2D eigenvalue weighted by Gasteiger charge is 2.23. The van der Waals surface area contributed by atoms with Gasteiger partial charge in [0.15, 0.2) is 17.0 Å². The largest absolute Gasteiger partial charge is 0.391 e. The van der Waals surface area contributed by atoms with E-state index < -0.39 is 6.10 Å². The van der Waals surface area contributed by atoms with Crippen LogP contribution in [0.25, 0.3) is 22.3 Å². The summed E-state index contributed by atoms with van der Waals surface area (Å²) in [6.07, 6.45) is 6.80. The van der Waals surface area contributed by atoms with Gasteiger partial charge in [-0.25, -0.2) is 9.37 Å². The van der Waals surface area contributed by atoms with Crippen LogP contribution in [0.3, 0.4) is 0 Å². The van der Waals surface area contributed by atoms with E-state index in [2.05, 4.69) is 20.2 Å². The van der Waals surface area contributed by atoms with Gasteiger partial charge in [0.05, 0.1) is 18.5 Å². The predicted molar refractivity (Wildman–Crippen MR) is 141 cm³/mol. The summed E-state index contributed by atoms with van der Waals surface area (Å²) in [5.74, 6) is 0.904. The van der Waals surface area contributed by atoms with Gasteiger partial charge in [-0.2, -0.15) is 9.97 Å². The van der Waals surface area contributed by atoms with E-state index in [1.807, 2.05) is 43.6 Å². The molecule has 2 aromatic heterocycles. The average molecular weight is 489 g/mol. The lowest BCUT2D eigenvalue weighted by Crippen LogP contribution is -2.31. The van der Waals surface area contributed by atoms with E-state index in [0.29, 0.717) is 24.4 Å². The van der Waals surface area contributed by atoms with Crippen LogP contribution in [-0.4, -0.2) is 36.8 Å². The zero-order valence-electron chi connectivity index (χ0n) is 20.8. The number of aromatic nitrogens is 4. The lowest BCUT2D eigenvalue weighted by molar-refractivity contribution is 0.169. The van der Waals surface area contributed by atoms with Gasteiger partial charge in [0.2, 0.25) is 5.95 Å². The first kappa shape index (κ1) is 24.2. The number of fused-ring (bicyclic) bond motifs is 1. The highest BCUT2D eigenvalue weighted by Crippen LogP contribution is 2.33. The van der Waals surface area contributed by atoms with Crippen molar-refractivity contribution in [3.05, 3.63) is 66.2 Å². The summed E-state index contributed by atoms with van der Waals surface area (Å²) in [5.41, 5.74) is 4.44. The average Bonchev–Trinajstić information content (AvgIpc) is 3.56. The van der Waals surface area contributed by atoms with Gasteiger partial charge in [-0.05, 0) is 55.0 Å². The van der Waals surface area contributed by atoms with E-state index >= 15 is 0 Å². The minimum absolute atomic E-state index is 0.145. The van der Waals surface area contributed by atoms with E-state index in [0.717, 1.165) is 47.1 Å². The summed E-state index contributed by atoms with van der Waals surface area (Å²) >= 11 is 0. The number of hydrogen-bond acceptors (Lipinski definition) is 6. The molecule has 36 heavy (non-hydrogen) atoms. The number of nitrogens with zero attached hydrogens (tertiary/aromatic N) is 4. The molecule has 0 radical (unpaired) electrons. The Labute approximate surface area is 210 Å². The van der Waals surface area contributed by atoms with Crippen LogP contribution in [0.2, 0.25) is 0 Å². The Morgan fingerprint density at radius 2 is 1.86 bits per heavy atom. The summed E-state index contributed by atoms with van der Waals surface area (Å²) in [7, 11) is 0. The van der Waals surface area contributed by atoms with Crippen molar-refractivity contribution in [2.24, 2.45) is 0 Å². The molecule has 1 aliphatic carbocycles. The first-order valence-corrected chi connectivity index (χ1v) is 12.8. The van der Waals surface area contributed by atoms with E-state index in [-0.39, 0.29) is 11.9 Å². The molecule has 0 aliphatic heterocycles. The zero-order valence-corrected chi connectivity index (χ0v) is 20.8. The van der Waals surface area contributed by atoms with Crippen molar-refractivity contribution < 1.29 is 9.50 Å². The Hall–Kier alpha value is -3.52. The Morgan fingerprint density at radius 3 is 2.56 bits per heavy atom. The van der Waals surface area contributed by atoms with Gasteiger partial charge in [-0.3, -0.25) is 0 Å². The number of benzene rings is 2. The van der Waals surface area contributed by atoms with Crippen molar-refractivity contribution in [1.82, 2.24) is 19.5 Å². The van der Waals surface area contributed by atoms with Crippen LogP contribution in [0.5, 0.6) is 0 Å². The van der Waals surface area contributed by atoms with E-state index in [9.17, 15) is 9.50 Å². The Bertz CT molecular complexity index is 1310. The number of imidazole rings is 1. The second kappa shape index (κ2) is 10.6. The van der Waals surface area contributed by atoms with Crippen LogP contribution in [0.1, 0.15) is 57.6 Å². The highest BCUT2D eigenvalue weighted by molar-refractivity contribution is 5.84. The summed E-state index contributed by atoms with van der Waals surface area (Å²) in [6.45, 7) is 4.35. The molecule has 2 atom stereocenters. The number of halogens is 1. The second-order valence-corrected chi connectivity index (χ2v) is 9.62. The topological polar surface area (TPSA) is 87.9 Å². The summed E-state index contributed by atoms with van der Waals surface area (Å²) in [4.78, 5) is 14.2. The SMILES string of the molecule is CCC(Nc1nc(NCc2ccc(-c3cccc(F)c3)cc2)c2ncn(C3CCCC3)c2n1)C(C)O. The Balaban J connectivity index is 1.41. The van der Waals surface area contributed by atoms with E-state index in [1.165, 1.54) is 25.0 Å². The van der Waals surface area contributed by atoms with E-state index in [1.54, 1.807) is 13.0 Å². The Kier molecular flexibility index (Phi) is 7.13. The lowest BCUT2D eigenvalue weighted by Gasteiger charge is -2.20. The second-order valence-electron chi connectivity index (χ2n) is 9.62. The maximum Gasteiger partial charge on any atom is 0.227 e. The van der Waals surface area contributed by atoms with Crippen LogP contribution in [-0.2, 0) is 6.54 Å².